The van der Waals surface area contributed by atoms with E-state index in [0.29, 0.717) is 19.5 Å². The number of ether oxygens (including phenoxy) is 3. The van der Waals surface area contributed by atoms with Gasteiger partial charge in [0, 0.05) is 13.7 Å². The van der Waals surface area contributed by atoms with E-state index in [-0.39, 0.29) is 6.61 Å². The van der Waals surface area contributed by atoms with Crippen molar-refractivity contribution in [2.24, 2.45) is 5.73 Å². The van der Waals surface area contributed by atoms with E-state index in [2.05, 4.69) is 0 Å². The number of nitrogens with two attached hydrogens (primary N) is 1. The van der Waals surface area contributed by atoms with Gasteiger partial charge in [0.1, 0.15) is 5.60 Å². The van der Waals surface area contributed by atoms with E-state index in [9.17, 15) is 9.59 Å². The third-order valence-corrected chi connectivity index (χ3v) is 2.41. The average molecular weight is 290 g/mol. The summed E-state index contributed by atoms with van der Waals surface area (Å²) in [6, 6.07) is -0.841. The zero-order valence-electron chi connectivity index (χ0n) is 13.0. The Kier molecular flexibility index (Phi) is 8.17. The molecule has 0 spiro atoms. The van der Waals surface area contributed by atoms with E-state index in [1.165, 1.54) is 19.1 Å². The normalized spacial score (nSPS) is 12.7. The molecule has 0 saturated carbocycles. The minimum absolute atomic E-state index is 0.0382. The maximum absolute atomic E-state index is 12.2. The standard InChI is InChI=1S/C13H26N2O5/c1-13(2,3)20-12(17)15(8-6-7-14)10(9-18-4)11(16)19-5/h10H,6-9,14H2,1-5H3. The second kappa shape index (κ2) is 8.76. The van der Waals surface area contributed by atoms with Crippen LogP contribution >= 0.6 is 0 Å². The monoisotopic (exact) mass is 290 g/mol. The van der Waals surface area contributed by atoms with Gasteiger partial charge >= 0.3 is 12.1 Å². The lowest BCUT2D eigenvalue weighted by molar-refractivity contribution is -0.148. The molecule has 0 aromatic carbocycles. The van der Waals surface area contributed by atoms with Crippen LogP contribution in [-0.2, 0) is 19.0 Å². The predicted molar refractivity (Wildman–Crippen MR) is 74.3 cm³/mol. The van der Waals surface area contributed by atoms with Crippen LogP contribution in [0.2, 0.25) is 0 Å². The van der Waals surface area contributed by atoms with Crippen LogP contribution in [0.5, 0.6) is 0 Å². The molecule has 7 nitrogen and oxygen atoms in total. The summed E-state index contributed by atoms with van der Waals surface area (Å²) in [5, 5.41) is 0. The van der Waals surface area contributed by atoms with Gasteiger partial charge in [-0.15, -0.1) is 0 Å². The first-order valence-corrected chi connectivity index (χ1v) is 6.53. The Morgan fingerprint density at radius 2 is 1.85 bits per heavy atom. The van der Waals surface area contributed by atoms with Crippen molar-refractivity contribution in [3.63, 3.8) is 0 Å². The highest BCUT2D eigenvalue weighted by molar-refractivity contribution is 5.81. The quantitative estimate of drug-likeness (QED) is 0.696. The number of methoxy groups -OCH3 is 2. The summed E-state index contributed by atoms with van der Waals surface area (Å²) in [5.41, 5.74) is 4.81. The molecule has 0 heterocycles. The van der Waals surface area contributed by atoms with Gasteiger partial charge in [0.2, 0.25) is 0 Å². The van der Waals surface area contributed by atoms with Crippen molar-refractivity contribution in [1.29, 1.82) is 0 Å². The van der Waals surface area contributed by atoms with E-state index in [0.717, 1.165) is 0 Å². The summed E-state index contributed by atoms with van der Waals surface area (Å²) >= 11 is 0. The van der Waals surface area contributed by atoms with E-state index < -0.39 is 23.7 Å². The summed E-state index contributed by atoms with van der Waals surface area (Å²) in [5.74, 6) is -0.547. The molecule has 2 N–H and O–H groups in total. The largest absolute Gasteiger partial charge is 0.467 e. The van der Waals surface area contributed by atoms with Gasteiger partial charge in [-0.1, -0.05) is 0 Å². The Labute approximate surface area is 120 Å². The summed E-state index contributed by atoms with van der Waals surface area (Å²) in [6.07, 6.45) is -0.0328. The molecule has 7 heteroatoms. The first kappa shape index (κ1) is 18.7. The van der Waals surface area contributed by atoms with Crippen LogP contribution < -0.4 is 5.73 Å². The highest BCUT2D eigenvalue weighted by Crippen LogP contribution is 2.13. The van der Waals surface area contributed by atoms with Gasteiger partial charge in [0.15, 0.2) is 6.04 Å². The lowest BCUT2D eigenvalue weighted by Gasteiger charge is -2.31. The summed E-state index contributed by atoms with van der Waals surface area (Å²) in [4.78, 5) is 25.3. The molecule has 0 aromatic rings. The fraction of sp³-hybridized carbons (Fsp3) is 0.846. The summed E-state index contributed by atoms with van der Waals surface area (Å²) in [6.45, 7) is 6.02. The number of carbonyl (C=O) groups is 2. The second-order valence-corrected chi connectivity index (χ2v) is 5.31. The third-order valence-electron chi connectivity index (χ3n) is 2.41. The molecule has 0 bridgehead atoms. The van der Waals surface area contributed by atoms with Crippen LogP contribution in [0.15, 0.2) is 0 Å². The maximum atomic E-state index is 12.2. The summed E-state index contributed by atoms with van der Waals surface area (Å²) < 4.78 is 15.0. The summed E-state index contributed by atoms with van der Waals surface area (Å²) in [7, 11) is 2.72. The Balaban J connectivity index is 5.06. The van der Waals surface area contributed by atoms with E-state index in [1.807, 2.05) is 0 Å². The van der Waals surface area contributed by atoms with Crippen molar-refractivity contribution in [3.8, 4) is 0 Å². The molecular formula is C13H26N2O5. The minimum Gasteiger partial charge on any atom is -0.467 e. The van der Waals surface area contributed by atoms with Crippen LogP contribution in [0.4, 0.5) is 4.79 Å². The van der Waals surface area contributed by atoms with Crippen LogP contribution in [0.3, 0.4) is 0 Å². The SMILES string of the molecule is COCC(C(=O)OC)N(CCCN)C(=O)OC(C)(C)C. The zero-order chi connectivity index (χ0) is 15.8. The van der Waals surface area contributed by atoms with E-state index >= 15 is 0 Å². The zero-order valence-corrected chi connectivity index (χ0v) is 13.0. The number of carbonyl (C=O) groups excluding carboxylic acids is 2. The molecule has 20 heavy (non-hydrogen) atoms. The van der Waals surface area contributed by atoms with Crippen molar-refractivity contribution in [2.45, 2.75) is 38.8 Å². The van der Waals surface area contributed by atoms with Crippen molar-refractivity contribution >= 4 is 12.1 Å². The average Bonchev–Trinajstić information content (AvgIpc) is 2.34. The number of hydrogen-bond acceptors (Lipinski definition) is 6. The lowest BCUT2D eigenvalue weighted by Crippen LogP contribution is -2.50. The molecule has 0 aliphatic carbocycles. The maximum Gasteiger partial charge on any atom is 0.411 e. The van der Waals surface area contributed by atoms with E-state index in [1.54, 1.807) is 20.8 Å². The predicted octanol–water partition coefficient (Wildman–Crippen LogP) is 0.760. The van der Waals surface area contributed by atoms with Gasteiger partial charge in [-0.3, -0.25) is 4.90 Å². The molecule has 0 aliphatic rings. The number of amides is 1. The first-order chi connectivity index (χ1) is 9.26. The van der Waals surface area contributed by atoms with Crippen molar-refractivity contribution < 1.29 is 23.8 Å². The number of rotatable bonds is 7. The topological polar surface area (TPSA) is 91.1 Å². The van der Waals surface area contributed by atoms with Gasteiger partial charge in [-0.05, 0) is 33.7 Å². The fourth-order valence-electron chi connectivity index (χ4n) is 1.54. The lowest BCUT2D eigenvalue weighted by atomic mass is 10.2. The number of hydrogen-bond donors (Lipinski definition) is 1. The van der Waals surface area contributed by atoms with E-state index in [4.69, 9.17) is 19.9 Å². The smallest absolute Gasteiger partial charge is 0.411 e. The van der Waals surface area contributed by atoms with Crippen molar-refractivity contribution in [1.82, 2.24) is 4.90 Å². The van der Waals surface area contributed by atoms with Crippen LogP contribution in [0, 0.1) is 0 Å². The highest BCUT2D eigenvalue weighted by Gasteiger charge is 2.33. The molecule has 1 amide bonds. The molecule has 0 saturated heterocycles. The third kappa shape index (κ3) is 6.72. The molecule has 0 aliphatic heterocycles. The van der Waals surface area contributed by atoms with Crippen LogP contribution in [-0.4, -0.2) is 62.5 Å². The molecule has 0 aromatic heterocycles. The van der Waals surface area contributed by atoms with Gasteiger partial charge in [0.25, 0.3) is 0 Å². The second-order valence-electron chi connectivity index (χ2n) is 5.31. The Hall–Kier alpha value is -1.34. The van der Waals surface area contributed by atoms with Gasteiger partial charge < -0.3 is 19.9 Å². The van der Waals surface area contributed by atoms with Crippen LogP contribution in [0.25, 0.3) is 0 Å². The molecular weight excluding hydrogens is 264 g/mol. The van der Waals surface area contributed by atoms with Gasteiger partial charge in [-0.25, -0.2) is 9.59 Å². The Bertz CT molecular complexity index is 314. The Morgan fingerprint density at radius 3 is 2.25 bits per heavy atom. The van der Waals surface area contributed by atoms with Crippen LogP contribution in [0.1, 0.15) is 27.2 Å². The molecule has 0 radical (unpaired) electrons. The Morgan fingerprint density at radius 1 is 1.25 bits per heavy atom. The highest BCUT2D eigenvalue weighted by atomic mass is 16.6. The van der Waals surface area contributed by atoms with Gasteiger partial charge in [0.05, 0.1) is 13.7 Å². The number of nitrogens with zero attached hydrogens (tertiary/aromatic N) is 1. The fourth-order valence-corrected chi connectivity index (χ4v) is 1.54. The molecule has 1 unspecified atom stereocenters. The molecule has 118 valence electrons. The number of esters is 1. The molecule has 1 atom stereocenters. The van der Waals surface area contributed by atoms with Crippen molar-refractivity contribution in [2.75, 3.05) is 33.9 Å². The van der Waals surface area contributed by atoms with Gasteiger partial charge in [-0.2, -0.15) is 0 Å². The first-order valence-electron chi connectivity index (χ1n) is 6.53. The van der Waals surface area contributed by atoms with Crippen molar-refractivity contribution in [3.05, 3.63) is 0 Å². The molecule has 0 rings (SSSR count). The molecule has 0 fully saturated rings. The minimum atomic E-state index is -0.841.